The maximum Gasteiger partial charge on any atom is 0.154 e. The Hall–Kier alpha value is -1.91. The number of aromatic nitrogens is 4. The van der Waals surface area contributed by atoms with Crippen molar-refractivity contribution >= 4 is 5.82 Å². The van der Waals surface area contributed by atoms with Gasteiger partial charge in [0.1, 0.15) is 0 Å². The van der Waals surface area contributed by atoms with Crippen LogP contribution >= 0.6 is 0 Å². The molecule has 0 aliphatic carbocycles. The molecule has 0 unspecified atom stereocenters. The third kappa shape index (κ3) is 1.01. The molecule has 2 rings (SSSR count). The Morgan fingerprint density at radius 3 is 3.00 bits per heavy atom. The van der Waals surface area contributed by atoms with Crippen molar-refractivity contribution in [1.29, 1.82) is 0 Å². The van der Waals surface area contributed by atoms with E-state index in [0.29, 0.717) is 5.82 Å². The number of nitrogens with two attached hydrogens (primary N) is 1. The van der Waals surface area contributed by atoms with E-state index in [9.17, 15) is 0 Å². The number of anilines is 1. The van der Waals surface area contributed by atoms with Crippen LogP contribution in [0.2, 0.25) is 0 Å². The normalized spacial score (nSPS) is 10.0. The standard InChI is InChI=1S/C7H7N5/c8-7-6(1-2-9-12-7)5-3-10-11-4-5/h1-4H,(H2,8,12)(H,10,11). The third-order valence-electron chi connectivity index (χ3n) is 1.56. The summed E-state index contributed by atoms with van der Waals surface area (Å²) in [6, 6.07) is 1.80. The predicted octanol–water partition coefficient (Wildman–Crippen LogP) is 0.449. The van der Waals surface area contributed by atoms with Gasteiger partial charge in [0.15, 0.2) is 5.82 Å². The van der Waals surface area contributed by atoms with Crippen molar-refractivity contribution in [2.75, 3.05) is 5.73 Å². The van der Waals surface area contributed by atoms with Crippen LogP contribution in [-0.2, 0) is 0 Å². The molecule has 0 fully saturated rings. The lowest BCUT2D eigenvalue weighted by molar-refractivity contribution is 1.04. The van der Waals surface area contributed by atoms with Crippen LogP contribution < -0.4 is 5.73 Å². The van der Waals surface area contributed by atoms with Gasteiger partial charge in [0, 0.05) is 17.3 Å². The zero-order valence-corrected chi connectivity index (χ0v) is 6.23. The highest BCUT2D eigenvalue weighted by Crippen LogP contribution is 2.20. The van der Waals surface area contributed by atoms with Crippen LogP contribution in [-0.4, -0.2) is 20.4 Å². The van der Waals surface area contributed by atoms with Gasteiger partial charge in [-0.15, -0.1) is 5.10 Å². The summed E-state index contributed by atoms with van der Waals surface area (Å²) in [6.45, 7) is 0. The van der Waals surface area contributed by atoms with Crippen LogP contribution in [0.15, 0.2) is 24.7 Å². The predicted molar refractivity (Wildman–Crippen MR) is 44.0 cm³/mol. The van der Waals surface area contributed by atoms with E-state index < -0.39 is 0 Å². The van der Waals surface area contributed by atoms with Crippen LogP contribution in [0.25, 0.3) is 11.1 Å². The second-order valence-corrected chi connectivity index (χ2v) is 2.32. The Balaban J connectivity index is 2.55. The molecule has 2 heterocycles. The molecule has 0 bridgehead atoms. The van der Waals surface area contributed by atoms with Crippen molar-refractivity contribution in [3.8, 4) is 11.1 Å². The fraction of sp³-hybridized carbons (Fsp3) is 0. The molecule has 0 spiro atoms. The van der Waals surface area contributed by atoms with E-state index in [4.69, 9.17) is 5.73 Å². The minimum absolute atomic E-state index is 0.416. The SMILES string of the molecule is Nc1nnccc1-c1cn[nH]c1. The molecule has 12 heavy (non-hydrogen) atoms. The van der Waals surface area contributed by atoms with E-state index in [1.807, 2.05) is 0 Å². The molecule has 0 saturated heterocycles. The molecule has 60 valence electrons. The van der Waals surface area contributed by atoms with Gasteiger partial charge in [0.05, 0.1) is 12.4 Å². The van der Waals surface area contributed by atoms with Crippen LogP contribution in [0, 0.1) is 0 Å². The van der Waals surface area contributed by atoms with Gasteiger partial charge in [-0.25, -0.2) is 0 Å². The summed E-state index contributed by atoms with van der Waals surface area (Å²) in [5.74, 6) is 0.416. The summed E-state index contributed by atoms with van der Waals surface area (Å²) in [5.41, 5.74) is 7.36. The largest absolute Gasteiger partial charge is 0.382 e. The molecule has 0 radical (unpaired) electrons. The van der Waals surface area contributed by atoms with E-state index in [-0.39, 0.29) is 0 Å². The van der Waals surface area contributed by atoms with E-state index in [1.54, 1.807) is 24.7 Å². The first kappa shape index (κ1) is 6.78. The first-order chi connectivity index (χ1) is 5.88. The highest BCUT2D eigenvalue weighted by atomic mass is 15.1. The first-order valence-corrected chi connectivity index (χ1v) is 3.44. The smallest absolute Gasteiger partial charge is 0.154 e. The van der Waals surface area contributed by atoms with Gasteiger partial charge in [0.25, 0.3) is 0 Å². The zero-order chi connectivity index (χ0) is 8.39. The minimum Gasteiger partial charge on any atom is -0.382 e. The van der Waals surface area contributed by atoms with Crippen molar-refractivity contribution in [2.24, 2.45) is 0 Å². The second-order valence-electron chi connectivity index (χ2n) is 2.32. The van der Waals surface area contributed by atoms with Crippen LogP contribution in [0.1, 0.15) is 0 Å². The third-order valence-corrected chi connectivity index (χ3v) is 1.56. The monoisotopic (exact) mass is 161 g/mol. The van der Waals surface area contributed by atoms with Gasteiger partial charge in [-0.3, -0.25) is 5.10 Å². The molecule has 0 aliphatic rings. The molecular weight excluding hydrogens is 154 g/mol. The lowest BCUT2D eigenvalue weighted by Crippen LogP contribution is -1.94. The van der Waals surface area contributed by atoms with Gasteiger partial charge in [-0.05, 0) is 6.07 Å². The van der Waals surface area contributed by atoms with Gasteiger partial charge in [0.2, 0.25) is 0 Å². The Morgan fingerprint density at radius 1 is 1.42 bits per heavy atom. The van der Waals surface area contributed by atoms with Crippen molar-refractivity contribution in [1.82, 2.24) is 20.4 Å². The Labute approximate surface area is 68.6 Å². The molecule has 0 aromatic carbocycles. The van der Waals surface area contributed by atoms with E-state index >= 15 is 0 Å². The molecule has 0 amide bonds. The maximum absolute atomic E-state index is 5.60. The summed E-state index contributed by atoms with van der Waals surface area (Å²) in [4.78, 5) is 0. The van der Waals surface area contributed by atoms with Crippen molar-refractivity contribution in [2.45, 2.75) is 0 Å². The summed E-state index contributed by atoms with van der Waals surface area (Å²) >= 11 is 0. The number of nitrogens with one attached hydrogen (secondary N) is 1. The average Bonchev–Trinajstić information content (AvgIpc) is 2.57. The number of nitrogen functional groups attached to an aromatic ring is 1. The summed E-state index contributed by atoms with van der Waals surface area (Å²) in [5, 5.41) is 13.9. The second kappa shape index (κ2) is 2.61. The molecule has 0 aliphatic heterocycles. The van der Waals surface area contributed by atoms with Gasteiger partial charge in [-0.2, -0.15) is 10.2 Å². The van der Waals surface area contributed by atoms with Gasteiger partial charge < -0.3 is 5.73 Å². The molecule has 0 atom stereocenters. The maximum atomic E-state index is 5.60. The number of rotatable bonds is 1. The highest BCUT2D eigenvalue weighted by Gasteiger charge is 2.02. The molecule has 5 nitrogen and oxygen atoms in total. The van der Waals surface area contributed by atoms with Crippen LogP contribution in [0.3, 0.4) is 0 Å². The fourth-order valence-corrected chi connectivity index (χ4v) is 0.985. The topological polar surface area (TPSA) is 80.5 Å². The van der Waals surface area contributed by atoms with Crippen molar-refractivity contribution in [3.63, 3.8) is 0 Å². The summed E-state index contributed by atoms with van der Waals surface area (Å²) < 4.78 is 0. The molecule has 2 aromatic rings. The number of hydrogen-bond donors (Lipinski definition) is 2. The molecule has 0 saturated carbocycles. The summed E-state index contributed by atoms with van der Waals surface area (Å²) in [6.07, 6.45) is 5.04. The Kier molecular flexibility index (Phi) is 1.48. The lowest BCUT2D eigenvalue weighted by Gasteiger charge is -1.97. The first-order valence-electron chi connectivity index (χ1n) is 3.44. The molecule has 5 heteroatoms. The Bertz CT molecular complexity index is 367. The van der Waals surface area contributed by atoms with Crippen molar-refractivity contribution < 1.29 is 0 Å². The molecule has 2 aromatic heterocycles. The highest BCUT2D eigenvalue weighted by molar-refractivity contribution is 5.71. The average molecular weight is 161 g/mol. The number of hydrogen-bond acceptors (Lipinski definition) is 4. The number of nitrogens with zero attached hydrogens (tertiary/aromatic N) is 3. The lowest BCUT2D eigenvalue weighted by atomic mass is 10.2. The molecular formula is C7H7N5. The van der Waals surface area contributed by atoms with Crippen LogP contribution in [0.5, 0.6) is 0 Å². The van der Waals surface area contributed by atoms with Crippen LogP contribution in [0.4, 0.5) is 5.82 Å². The minimum atomic E-state index is 0.416. The van der Waals surface area contributed by atoms with Crippen molar-refractivity contribution in [3.05, 3.63) is 24.7 Å². The van der Waals surface area contributed by atoms with E-state index in [2.05, 4.69) is 20.4 Å². The Morgan fingerprint density at radius 2 is 2.33 bits per heavy atom. The quantitative estimate of drug-likeness (QED) is 0.636. The summed E-state index contributed by atoms with van der Waals surface area (Å²) in [7, 11) is 0. The van der Waals surface area contributed by atoms with E-state index in [0.717, 1.165) is 11.1 Å². The zero-order valence-electron chi connectivity index (χ0n) is 6.23. The van der Waals surface area contributed by atoms with Gasteiger partial charge in [-0.1, -0.05) is 0 Å². The number of aromatic amines is 1. The molecule has 3 N–H and O–H groups in total. The van der Waals surface area contributed by atoms with E-state index in [1.165, 1.54) is 0 Å². The van der Waals surface area contributed by atoms with Gasteiger partial charge >= 0.3 is 0 Å². The number of H-pyrrole nitrogens is 1. The fourth-order valence-electron chi connectivity index (χ4n) is 0.985.